The summed E-state index contributed by atoms with van der Waals surface area (Å²) < 4.78 is 16.7. The highest BCUT2D eigenvalue weighted by Crippen LogP contribution is 2.24. The van der Waals surface area contributed by atoms with Crippen LogP contribution in [0, 0.1) is 0 Å². The molecule has 1 amide bonds. The molecule has 1 heterocycles. The first-order chi connectivity index (χ1) is 13.6. The van der Waals surface area contributed by atoms with Gasteiger partial charge in [-0.3, -0.25) is 9.59 Å². The third kappa shape index (κ3) is 4.79. The first kappa shape index (κ1) is 19.2. The molecule has 0 spiro atoms. The van der Waals surface area contributed by atoms with Crippen molar-refractivity contribution in [2.45, 2.75) is 20.5 Å². The Morgan fingerprint density at radius 1 is 0.964 bits per heavy atom. The molecule has 0 fully saturated rings. The van der Waals surface area contributed by atoms with Crippen LogP contribution in [0.15, 0.2) is 65.1 Å². The molecule has 0 unspecified atom stereocenters. The number of furan rings is 1. The van der Waals surface area contributed by atoms with E-state index in [0.717, 1.165) is 0 Å². The summed E-state index contributed by atoms with van der Waals surface area (Å²) in [6.07, 6.45) is 0. The summed E-state index contributed by atoms with van der Waals surface area (Å²) in [6.45, 7) is 4.06. The first-order valence-electron chi connectivity index (χ1n) is 8.92. The van der Waals surface area contributed by atoms with Gasteiger partial charge in [0.1, 0.15) is 23.9 Å². The molecule has 0 aliphatic rings. The topological polar surface area (TPSA) is 77.8 Å². The van der Waals surface area contributed by atoms with Crippen LogP contribution in [0.25, 0.3) is 0 Å². The Labute approximate surface area is 163 Å². The Morgan fingerprint density at radius 3 is 2.43 bits per heavy atom. The lowest BCUT2D eigenvalue weighted by molar-refractivity contribution is 0.0990. The zero-order chi connectivity index (χ0) is 19.9. The van der Waals surface area contributed by atoms with Gasteiger partial charge in [0.15, 0.2) is 11.5 Å². The number of ketones is 1. The maximum Gasteiger partial charge on any atom is 0.291 e. The van der Waals surface area contributed by atoms with Gasteiger partial charge in [0.2, 0.25) is 0 Å². The molecule has 1 aromatic heterocycles. The smallest absolute Gasteiger partial charge is 0.291 e. The van der Waals surface area contributed by atoms with Gasteiger partial charge in [-0.25, -0.2) is 0 Å². The van der Waals surface area contributed by atoms with E-state index in [0.29, 0.717) is 35.1 Å². The number of ether oxygens (including phenoxy) is 2. The van der Waals surface area contributed by atoms with E-state index in [1.807, 2.05) is 19.1 Å². The molecule has 0 atom stereocenters. The largest absolute Gasteiger partial charge is 0.492 e. The van der Waals surface area contributed by atoms with Gasteiger partial charge in [-0.1, -0.05) is 12.1 Å². The standard InChI is InChI=1S/C22H21NO5/c1-3-26-20-7-5-4-6-19(20)23-22(25)21-13-12-18(28-21)14-27-17-10-8-16(9-11-17)15(2)24/h4-13H,3,14H2,1-2H3,(H,23,25). The molecule has 3 rings (SSSR count). The van der Waals surface area contributed by atoms with Crippen molar-refractivity contribution in [3.8, 4) is 11.5 Å². The molecule has 3 aromatic rings. The van der Waals surface area contributed by atoms with Crippen LogP contribution in [-0.4, -0.2) is 18.3 Å². The number of anilines is 1. The van der Waals surface area contributed by atoms with E-state index in [-0.39, 0.29) is 24.1 Å². The van der Waals surface area contributed by atoms with Crippen LogP contribution in [-0.2, 0) is 6.61 Å². The average Bonchev–Trinajstić information content (AvgIpc) is 3.17. The van der Waals surface area contributed by atoms with Crippen molar-refractivity contribution < 1.29 is 23.5 Å². The van der Waals surface area contributed by atoms with Gasteiger partial charge in [-0.2, -0.15) is 0 Å². The van der Waals surface area contributed by atoms with Crippen molar-refractivity contribution in [3.63, 3.8) is 0 Å². The molecule has 1 N–H and O–H groups in total. The molecule has 2 aromatic carbocycles. The molecule has 6 nitrogen and oxygen atoms in total. The predicted molar refractivity (Wildman–Crippen MR) is 105 cm³/mol. The third-order valence-corrected chi connectivity index (χ3v) is 3.96. The molecule has 144 valence electrons. The summed E-state index contributed by atoms with van der Waals surface area (Å²) in [4.78, 5) is 23.7. The fourth-order valence-electron chi connectivity index (χ4n) is 2.55. The van der Waals surface area contributed by atoms with Gasteiger partial charge in [0, 0.05) is 5.56 Å². The Balaban J connectivity index is 1.60. The highest BCUT2D eigenvalue weighted by Gasteiger charge is 2.14. The van der Waals surface area contributed by atoms with Crippen molar-refractivity contribution in [2.24, 2.45) is 0 Å². The lowest BCUT2D eigenvalue weighted by atomic mass is 10.1. The third-order valence-electron chi connectivity index (χ3n) is 3.96. The number of benzene rings is 2. The SMILES string of the molecule is CCOc1ccccc1NC(=O)c1ccc(COc2ccc(C(C)=O)cc2)o1. The minimum Gasteiger partial charge on any atom is -0.492 e. The summed E-state index contributed by atoms with van der Waals surface area (Å²) in [5.41, 5.74) is 1.20. The Hall–Kier alpha value is -3.54. The number of hydrogen-bond donors (Lipinski definition) is 1. The normalized spacial score (nSPS) is 10.4. The van der Waals surface area contributed by atoms with Crippen molar-refractivity contribution in [2.75, 3.05) is 11.9 Å². The number of carbonyl (C=O) groups is 2. The number of carbonyl (C=O) groups excluding carboxylic acids is 2. The minimum atomic E-state index is -0.371. The van der Waals surface area contributed by atoms with E-state index in [9.17, 15) is 9.59 Å². The quantitative estimate of drug-likeness (QED) is 0.574. The van der Waals surface area contributed by atoms with Gasteiger partial charge in [0.25, 0.3) is 5.91 Å². The maximum atomic E-state index is 12.4. The molecule has 0 saturated carbocycles. The maximum absolute atomic E-state index is 12.4. The number of rotatable bonds is 8. The molecule has 0 bridgehead atoms. The Kier molecular flexibility index (Phi) is 6.11. The fraction of sp³-hybridized carbons (Fsp3) is 0.182. The molecular weight excluding hydrogens is 358 g/mol. The second kappa shape index (κ2) is 8.90. The van der Waals surface area contributed by atoms with Crippen LogP contribution in [0.3, 0.4) is 0 Å². The summed E-state index contributed by atoms with van der Waals surface area (Å²) in [6, 6.07) is 17.3. The minimum absolute atomic E-state index is 0.000788. The number of hydrogen-bond acceptors (Lipinski definition) is 5. The van der Waals surface area contributed by atoms with Crippen molar-refractivity contribution in [1.29, 1.82) is 0 Å². The number of nitrogens with one attached hydrogen (secondary N) is 1. The number of para-hydroxylation sites is 2. The molecule has 0 saturated heterocycles. The molecule has 0 aliphatic carbocycles. The second-order valence-electron chi connectivity index (χ2n) is 6.02. The molecule has 28 heavy (non-hydrogen) atoms. The van der Waals surface area contributed by atoms with Crippen molar-refractivity contribution in [3.05, 3.63) is 77.7 Å². The Bertz CT molecular complexity index is 959. The first-order valence-corrected chi connectivity index (χ1v) is 8.92. The van der Waals surface area contributed by atoms with Crippen LogP contribution >= 0.6 is 0 Å². The van der Waals surface area contributed by atoms with Crippen LogP contribution in [0.4, 0.5) is 5.69 Å². The molecule has 0 radical (unpaired) electrons. The van der Waals surface area contributed by atoms with E-state index in [1.165, 1.54) is 6.92 Å². The highest BCUT2D eigenvalue weighted by atomic mass is 16.5. The van der Waals surface area contributed by atoms with Gasteiger partial charge < -0.3 is 19.2 Å². The van der Waals surface area contributed by atoms with Crippen molar-refractivity contribution >= 4 is 17.4 Å². The predicted octanol–water partition coefficient (Wildman–Crippen LogP) is 4.71. The van der Waals surface area contributed by atoms with Gasteiger partial charge in [0.05, 0.1) is 12.3 Å². The van der Waals surface area contributed by atoms with Gasteiger partial charge in [-0.05, 0) is 62.4 Å². The van der Waals surface area contributed by atoms with Gasteiger partial charge >= 0.3 is 0 Å². The van der Waals surface area contributed by atoms with Crippen LogP contribution < -0.4 is 14.8 Å². The van der Waals surface area contributed by atoms with Crippen LogP contribution in [0.1, 0.15) is 40.5 Å². The van der Waals surface area contributed by atoms with E-state index >= 15 is 0 Å². The van der Waals surface area contributed by atoms with E-state index in [2.05, 4.69) is 5.32 Å². The zero-order valence-electron chi connectivity index (χ0n) is 15.7. The fourth-order valence-corrected chi connectivity index (χ4v) is 2.55. The summed E-state index contributed by atoms with van der Waals surface area (Å²) >= 11 is 0. The van der Waals surface area contributed by atoms with E-state index < -0.39 is 0 Å². The monoisotopic (exact) mass is 379 g/mol. The second-order valence-corrected chi connectivity index (χ2v) is 6.02. The summed E-state index contributed by atoms with van der Waals surface area (Å²) in [5, 5.41) is 2.79. The molecular formula is C22H21NO5. The highest BCUT2D eigenvalue weighted by molar-refractivity contribution is 6.03. The lowest BCUT2D eigenvalue weighted by Gasteiger charge is -2.10. The summed E-state index contributed by atoms with van der Waals surface area (Å²) in [5.74, 6) is 1.53. The van der Waals surface area contributed by atoms with E-state index in [4.69, 9.17) is 13.9 Å². The van der Waals surface area contributed by atoms with E-state index in [1.54, 1.807) is 48.5 Å². The molecule has 6 heteroatoms. The lowest BCUT2D eigenvalue weighted by Crippen LogP contribution is -2.12. The molecule has 0 aliphatic heterocycles. The Morgan fingerprint density at radius 2 is 1.71 bits per heavy atom. The summed E-state index contributed by atoms with van der Waals surface area (Å²) in [7, 11) is 0. The van der Waals surface area contributed by atoms with Gasteiger partial charge in [-0.15, -0.1) is 0 Å². The van der Waals surface area contributed by atoms with Crippen molar-refractivity contribution in [1.82, 2.24) is 0 Å². The van der Waals surface area contributed by atoms with Crippen LogP contribution in [0.5, 0.6) is 11.5 Å². The number of amides is 1. The number of Topliss-reactive ketones (excluding diaryl/α,β-unsaturated/α-hetero) is 1. The van der Waals surface area contributed by atoms with Crippen LogP contribution in [0.2, 0.25) is 0 Å². The zero-order valence-corrected chi connectivity index (χ0v) is 15.7. The average molecular weight is 379 g/mol.